The van der Waals surface area contributed by atoms with Gasteiger partial charge < -0.3 is 14.0 Å². The molecule has 40 heavy (non-hydrogen) atoms. The smallest absolute Gasteiger partial charge is 0.337 e. The van der Waals surface area contributed by atoms with Crippen molar-refractivity contribution >= 4 is 51.5 Å². The quantitative estimate of drug-likeness (QED) is 0.200. The molecule has 2 aliphatic heterocycles. The first-order valence-electron chi connectivity index (χ1n) is 13.3. The number of aliphatic imine (C=N–C) groups is 1. The van der Waals surface area contributed by atoms with Crippen molar-refractivity contribution in [2.24, 2.45) is 4.99 Å². The first-order valence-corrected chi connectivity index (χ1v) is 14.1. The normalized spacial score (nSPS) is 19.3. The maximum absolute atomic E-state index is 13.7. The van der Waals surface area contributed by atoms with Crippen LogP contribution < -0.4 is 0 Å². The summed E-state index contributed by atoms with van der Waals surface area (Å²) in [7, 11) is 1.38. The van der Waals surface area contributed by atoms with Gasteiger partial charge in [-0.1, -0.05) is 48.5 Å². The predicted octanol–water partition coefficient (Wildman–Crippen LogP) is 6.26. The number of benzene rings is 3. The lowest BCUT2D eigenvalue weighted by molar-refractivity contribution is -0.123. The molecule has 7 nitrogen and oxygen atoms in total. The first-order chi connectivity index (χ1) is 19.6. The number of carbonyl (C=O) groups is 2. The van der Waals surface area contributed by atoms with Gasteiger partial charge in [0.1, 0.15) is 0 Å². The van der Waals surface area contributed by atoms with Crippen LogP contribution in [-0.2, 0) is 20.8 Å². The molecule has 0 unspecified atom stereocenters. The molecule has 6 rings (SSSR count). The second-order valence-electron chi connectivity index (χ2n) is 9.81. The van der Waals surface area contributed by atoms with Crippen molar-refractivity contribution in [3.8, 4) is 0 Å². The maximum Gasteiger partial charge on any atom is 0.337 e. The molecule has 8 heteroatoms. The number of amidine groups is 1. The SMILES string of the molecule is COC(=O)c1cccc(Cn2cc(/C=C3\SC(=Nc4ccccc4)N(C[C@H]4CCCO4)C3=O)c3ccccc32)c1. The van der Waals surface area contributed by atoms with E-state index in [9.17, 15) is 9.59 Å². The van der Waals surface area contributed by atoms with Gasteiger partial charge in [0.2, 0.25) is 0 Å². The first kappa shape index (κ1) is 26.1. The second-order valence-corrected chi connectivity index (χ2v) is 10.8. The van der Waals surface area contributed by atoms with Crippen LogP contribution in [0.5, 0.6) is 0 Å². The lowest BCUT2D eigenvalue weighted by Crippen LogP contribution is -2.36. The third kappa shape index (κ3) is 5.46. The van der Waals surface area contributed by atoms with Gasteiger partial charge in [0.15, 0.2) is 5.17 Å². The van der Waals surface area contributed by atoms with Crippen LogP contribution >= 0.6 is 11.8 Å². The van der Waals surface area contributed by atoms with E-state index in [2.05, 4.69) is 22.9 Å². The minimum Gasteiger partial charge on any atom is -0.465 e. The highest BCUT2D eigenvalue weighted by atomic mass is 32.2. The van der Waals surface area contributed by atoms with Gasteiger partial charge in [-0.3, -0.25) is 9.69 Å². The van der Waals surface area contributed by atoms with Gasteiger partial charge in [0.05, 0.1) is 35.9 Å². The van der Waals surface area contributed by atoms with Crippen LogP contribution in [0.15, 0.2) is 95.0 Å². The summed E-state index contributed by atoms with van der Waals surface area (Å²) in [5.74, 6) is -0.417. The number of thioether (sulfide) groups is 1. The number of nitrogens with zero attached hydrogens (tertiary/aromatic N) is 3. The van der Waals surface area contributed by atoms with Crippen molar-refractivity contribution in [3.63, 3.8) is 0 Å². The van der Waals surface area contributed by atoms with Crippen molar-refractivity contribution in [2.75, 3.05) is 20.3 Å². The highest BCUT2D eigenvalue weighted by Crippen LogP contribution is 2.36. The van der Waals surface area contributed by atoms with Crippen molar-refractivity contribution in [1.82, 2.24) is 9.47 Å². The maximum atomic E-state index is 13.7. The van der Waals surface area contributed by atoms with Crippen molar-refractivity contribution < 1.29 is 19.1 Å². The molecule has 2 saturated heterocycles. The van der Waals surface area contributed by atoms with E-state index in [-0.39, 0.29) is 18.0 Å². The molecule has 1 aromatic heterocycles. The van der Waals surface area contributed by atoms with Crippen LogP contribution in [0.3, 0.4) is 0 Å². The highest BCUT2D eigenvalue weighted by Gasteiger charge is 2.36. The minimum absolute atomic E-state index is 0.0209. The number of aromatic nitrogens is 1. The van der Waals surface area contributed by atoms with E-state index in [1.54, 1.807) is 11.0 Å². The fraction of sp³-hybridized carbons (Fsp3) is 0.219. The summed E-state index contributed by atoms with van der Waals surface area (Å²) >= 11 is 1.40. The fourth-order valence-corrected chi connectivity index (χ4v) is 6.13. The molecule has 1 amide bonds. The van der Waals surface area contributed by atoms with Crippen LogP contribution in [0.1, 0.15) is 34.3 Å². The molecular formula is C32H29N3O4S. The van der Waals surface area contributed by atoms with Gasteiger partial charge in [-0.25, -0.2) is 9.79 Å². The van der Waals surface area contributed by atoms with Crippen LogP contribution in [0.4, 0.5) is 5.69 Å². The Morgan fingerprint density at radius 2 is 1.93 bits per heavy atom. The van der Waals surface area contributed by atoms with E-state index >= 15 is 0 Å². The number of methoxy groups -OCH3 is 1. The molecule has 1 atom stereocenters. The Labute approximate surface area is 237 Å². The summed E-state index contributed by atoms with van der Waals surface area (Å²) in [6.45, 7) is 1.80. The summed E-state index contributed by atoms with van der Waals surface area (Å²) in [6.07, 6.45) is 6.00. The zero-order valence-electron chi connectivity index (χ0n) is 22.2. The molecule has 202 valence electrons. The molecule has 4 aromatic rings. The predicted molar refractivity (Wildman–Crippen MR) is 159 cm³/mol. The largest absolute Gasteiger partial charge is 0.465 e. The lowest BCUT2D eigenvalue weighted by atomic mass is 10.1. The summed E-state index contributed by atoms with van der Waals surface area (Å²) in [5.41, 5.74) is 4.30. The average Bonchev–Trinajstić information content (AvgIpc) is 3.70. The zero-order valence-corrected chi connectivity index (χ0v) is 23.0. The molecular weight excluding hydrogens is 522 g/mol. The second kappa shape index (κ2) is 11.5. The number of hydrogen-bond donors (Lipinski definition) is 0. The Balaban J connectivity index is 1.34. The minimum atomic E-state index is -0.359. The summed E-state index contributed by atoms with van der Waals surface area (Å²) < 4.78 is 12.9. The number of hydrogen-bond acceptors (Lipinski definition) is 6. The Kier molecular flexibility index (Phi) is 7.53. The third-order valence-corrected chi connectivity index (χ3v) is 8.09. The van der Waals surface area contributed by atoms with Crippen molar-refractivity contribution in [1.29, 1.82) is 0 Å². The van der Waals surface area contributed by atoms with Crippen molar-refractivity contribution in [2.45, 2.75) is 25.5 Å². The van der Waals surface area contributed by atoms with E-state index in [1.165, 1.54) is 18.9 Å². The summed E-state index contributed by atoms with van der Waals surface area (Å²) in [6, 6.07) is 25.3. The fourth-order valence-electron chi connectivity index (χ4n) is 5.13. The van der Waals surface area contributed by atoms with Crippen LogP contribution in [0, 0.1) is 0 Å². The van der Waals surface area contributed by atoms with Gasteiger partial charge in [0, 0.05) is 35.8 Å². The Hall–Kier alpha value is -4.14. The highest BCUT2D eigenvalue weighted by molar-refractivity contribution is 8.18. The van der Waals surface area contributed by atoms with Crippen LogP contribution in [-0.4, -0.2) is 52.9 Å². The molecule has 0 spiro atoms. The molecule has 3 heterocycles. The van der Waals surface area contributed by atoms with Gasteiger partial charge in [-0.05, 0) is 66.6 Å². The van der Waals surface area contributed by atoms with Crippen LogP contribution in [0.25, 0.3) is 17.0 Å². The standard InChI is InChI=1S/C32H29N3O4S/c1-38-31(37)23-10-7-9-22(17-23)19-34-20-24(27-14-5-6-15-28(27)34)18-29-30(36)35(21-26-13-8-16-39-26)32(40-29)33-25-11-3-2-4-12-25/h2-7,9-12,14-15,17-18,20,26H,8,13,16,19,21H2,1H3/b29-18-,33-32?/t26-/m1/s1. The summed E-state index contributed by atoms with van der Waals surface area (Å²) in [4.78, 5) is 33.0. The Morgan fingerprint density at radius 3 is 2.73 bits per heavy atom. The van der Waals surface area contributed by atoms with Crippen molar-refractivity contribution in [3.05, 3.63) is 107 Å². The summed E-state index contributed by atoms with van der Waals surface area (Å²) in [5, 5.41) is 1.72. The number of esters is 1. The average molecular weight is 552 g/mol. The molecule has 0 saturated carbocycles. The van der Waals surface area contributed by atoms with Gasteiger partial charge in [0.25, 0.3) is 5.91 Å². The Bertz CT molecular complexity index is 1620. The molecule has 2 fully saturated rings. The van der Waals surface area contributed by atoms with Crippen LogP contribution in [0.2, 0.25) is 0 Å². The number of rotatable bonds is 7. The van der Waals surface area contributed by atoms with Gasteiger partial charge in [-0.15, -0.1) is 0 Å². The third-order valence-electron chi connectivity index (χ3n) is 7.09. The van der Waals surface area contributed by atoms with E-state index in [1.807, 2.05) is 66.7 Å². The number of carbonyl (C=O) groups excluding carboxylic acids is 2. The molecule has 2 aliphatic rings. The zero-order chi connectivity index (χ0) is 27.5. The van der Waals surface area contributed by atoms with E-state index in [4.69, 9.17) is 14.5 Å². The monoisotopic (exact) mass is 551 g/mol. The number of para-hydroxylation sites is 2. The molecule has 0 N–H and O–H groups in total. The van der Waals surface area contributed by atoms with E-state index in [0.29, 0.717) is 28.7 Å². The van der Waals surface area contributed by atoms with Gasteiger partial charge in [-0.2, -0.15) is 0 Å². The molecule has 0 radical (unpaired) electrons. The topological polar surface area (TPSA) is 73.1 Å². The number of fused-ring (bicyclic) bond motifs is 1. The molecule has 0 aliphatic carbocycles. The van der Waals surface area contributed by atoms with E-state index < -0.39 is 0 Å². The van der Waals surface area contributed by atoms with E-state index in [0.717, 1.165) is 47.2 Å². The lowest BCUT2D eigenvalue weighted by Gasteiger charge is -2.19. The Morgan fingerprint density at radius 1 is 1.10 bits per heavy atom. The van der Waals surface area contributed by atoms with Gasteiger partial charge >= 0.3 is 5.97 Å². The molecule has 0 bridgehead atoms. The number of amides is 1. The number of ether oxygens (including phenoxy) is 2. The molecule has 3 aromatic carbocycles.